The number of nitrogens with zero attached hydrogens (tertiary/aromatic N) is 2. The quantitative estimate of drug-likeness (QED) is 0.369. The highest BCUT2D eigenvalue weighted by molar-refractivity contribution is 7.91. The minimum atomic E-state index is -5.10. The number of nitrogens with one attached hydrogen (secondary N) is 2. The first-order valence-electron chi connectivity index (χ1n) is 11.4. The number of rotatable bonds is 10. The SMILES string of the molecule is N#CC1(NC(=O)[C@H](CS(=O)(=O)C(c2ccccc2)c2ccon2)N[C@@H](c2ccccc2F)C(F)(F)F)CC1. The van der Waals surface area contributed by atoms with Gasteiger partial charge in [-0.2, -0.15) is 18.4 Å². The maximum Gasteiger partial charge on any atom is 0.408 e. The predicted octanol–water partition coefficient (Wildman–Crippen LogP) is 3.75. The zero-order chi connectivity index (χ0) is 27.6. The number of nitriles is 1. The molecule has 1 amide bonds. The molecule has 0 bridgehead atoms. The lowest BCUT2D eigenvalue weighted by atomic mass is 10.0. The molecule has 3 atom stereocenters. The third kappa shape index (κ3) is 6.03. The molecule has 8 nitrogen and oxygen atoms in total. The second-order valence-corrected chi connectivity index (χ2v) is 11.1. The van der Waals surface area contributed by atoms with Crippen LogP contribution in [0.5, 0.6) is 0 Å². The number of benzene rings is 2. The van der Waals surface area contributed by atoms with E-state index in [0.29, 0.717) is 0 Å². The Balaban J connectivity index is 1.73. The Morgan fingerprint density at radius 1 is 1.11 bits per heavy atom. The number of halogens is 4. The van der Waals surface area contributed by atoms with Gasteiger partial charge in [-0.1, -0.05) is 53.7 Å². The van der Waals surface area contributed by atoms with Crippen LogP contribution in [0.2, 0.25) is 0 Å². The molecule has 13 heteroatoms. The van der Waals surface area contributed by atoms with Gasteiger partial charge in [0.2, 0.25) is 5.91 Å². The maximum absolute atomic E-state index is 14.4. The summed E-state index contributed by atoms with van der Waals surface area (Å²) in [6, 6.07) is 10.3. The Hall–Kier alpha value is -3.76. The summed E-state index contributed by atoms with van der Waals surface area (Å²) >= 11 is 0. The van der Waals surface area contributed by atoms with E-state index in [2.05, 4.69) is 10.5 Å². The van der Waals surface area contributed by atoms with E-state index in [1.54, 1.807) is 18.2 Å². The van der Waals surface area contributed by atoms with Crippen molar-refractivity contribution in [2.24, 2.45) is 0 Å². The zero-order valence-corrected chi connectivity index (χ0v) is 20.5. The van der Waals surface area contributed by atoms with Gasteiger partial charge in [0.1, 0.15) is 40.6 Å². The standard InChI is InChI=1S/C25H22F4N4O4S/c26-18-9-5-4-8-17(18)22(25(27,28)29)31-20(23(34)32-24(15-30)11-12-24)14-38(35,36)21(19-10-13-37-33-19)16-6-2-1-3-7-16/h1-10,13,20-22,31H,11-12,14H2,(H,32,34)/t20-,21?,22-/m0/s1. The van der Waals surface area contributed by atoms with Crippen molar-refractivity contribution in [1.82, 2.24) is 15.8 Å². The summed E-state index contributed by atoms with van der Waals surface area (Å²) in [7, 11) is -4.46. The molecule has 1 heterocycles. The zero-order valence-electron chi connectivity index (χ0n) is 19.7. The van der Waals surface area contributed by atoms with E-state index < -0.39 is 61.9 Å². The lowest BCUT2D eigenvalue weighted by Crippen LogP contribution is -2.54. The molecule has 0 spiro atoms. The smallest absolute Gasteiger partial charge is 0.364 e. The van der Waals surface area contributed by atoms with Crippen LogP contribution in [0.25, 0.3) is 0 Å². The molecular weight excluding hydrogens is 528 g/mol. The number of sulfone groups is 1. The Morgan fingerprint density at radius 2 is 1.76 bits per heavy atom. The van der Waals surface area contributed by atoms with Crippen molar-refractivity contribution < 1.29 is 35.3 Å². The van der Waals surface area contributed by atoms with Crippen LogP contribution in [0, 0.1) is 17.1 Å². The highest BCUT2D eigenvalue weighted by Crippen LogP contribution is 2.37. The molecule has 200 valence electrons. The number of amides is 1. The van der Waals surface area contributed by atoms with E-state index >= 15 is 0 Å². The average molecular weight is 551 g/mol. The highest BCUT2D eigenvalue weighted by Gasteiger charge is 2.49. The van der Waals surface area contributed by atoms with E-state index in [1.807, 2.05) is 11.4 Å². The second kappa shape index (κ2) is 10.5. The topological polar surface area (TPSA) is 125 Å². The van der Waals surface area contributed by atoms with Gasteiger partial charge in [-0.3, -0.25) is 10.1 Å². The molecule has 1 aliphatic rings. The van der Waals surface area contributed by atoms with Crippen LogP contribution in [-0.2, 0) is 14.6 Å². The van der Waals surface area contributed by atoms with Crippen LogP contribution in [0.3, 0.4) is 0 Å². The van der Waals surface area contributed by atoms with E-state index in [4.69, 9.17) is 4.52 Å². The lowest BCUT2D eigenvalue weighted by Gasteiger charge is -2.29. The summed E-state index contributed by atoms with van der Waals surface area (Å²) in [5.41, 5.74) is -1.89. The first kappa shape index (κ1) is 27.3. The normalized spacial score (nSPS) is 17.1. The highest BCUT2D eigenvalue weighted by atomic mass is 32.2. The largest absolute Gasteiger partial charge is 0.408 e. The molecule has 1 unspecified atom stereocenters. The molecular formula is C25H22F4N4O4S. The molecule has 0 saturated heterocycles. The summed E-state index contributed by atoms with van der Waals surface area (Å²) in [6.07, 6.45) is -3.43. The van der Waals surface area contributed by atoms with E-state index in [9.17, 15) is 36.0 Å². The fourth-order valence-electron chi connectivity index (χ4n) is 4.06. The fourth-order valence-corrected chi connectivity index (χ4v) is 6.02. The van der Waals surface area contributed by atoms with Gasteiger partial charge in [0.05, 0.1) is 11.8 Å². The number of carbonyl (C=O) groups excluding carboxylic acids is 1. The van der Waals surface area contributed by atoms with Crippen molar-refractivity contribution in [2.75, 3.05) is 5.75 Å². The van der Waals surface area contributed by atoms with Gasteiger partial charge in [-0.15, -0.1) is 0 Å². The van der Waals surface area contributed by atoms with Crippen molar-refractivity contribution >= 4 is 15.7 Å². The van der Waals surface area contributed by atoms with Crippen molar-refractivity contribution in [3.8, 4) is 6.07 Å². The summed E-state index contributed by atoms with van der Waals surface area (Å²) in [4.78, 5) is 13.2. The van der Waals surface area contributed by atoms with Crippen LogP contribution in [-0.4, -0.2) is 43.0 Å². The number of aromatic nitrogens is 1. The summed E-state index contributed by atoms with van der Waals surface area (Å²) < 4.78 is 89.0. The molecule has 3 aromatic rings. The van der Waals surface area contributed by atoms with Crippen LogP contribution >= 0.6 is 0 Å². The van der Waals surface area contributed by atoms with Crippen LogP contribution in [0.15, 0.2) is 71.4 Å². The Kier molecular flexibility index (Phi) is 7.57. The second-order valence-electron chi connectivity index (χ2n) is 8.94. The van der Waals surface area contributed by atoms with E-state index in [-0.39, 0.29) is 24.1 Å². The van der Waals surface area contributed by atoms with Gasteiger partial charge in [0.15, 0.2) is 9.84 Å². The van der Waals surface area contributed by atoms with Gasteiger partial charge in [0, 0.05) is 11.6 Å². The first-order valence-corrected chi connectivity index (χ1v) is 13.1. The van der Waals surface area contributed by atoms with Crippen molar-refractivity contribution in [3.63, 3.8) is 0 Å². The number of hydrogen-bond donors (Lipinski definition) is 2. The van der Waals surface area contributed by atoms with E-state index in [1.165, 1.54) is 30.3 Å². The Bertz CT molecular complexity index is 1420. The van der Waals surface area contributed by atoms with Crippen molar-refractivity contribution in [3.05, 3.63) is 89.6 Å². The molecule has 2 N–H and O–H groups in total. The summed E-state index contributed by atoms with van der Waals surface area (Å²) in [5, 5.41) is 16.0. The summed E-state index contributed by atoms with van der Waals surface area (Å²) in [6.45, 7) is 0. The average Bonchev–Trinajstić information content (AvgIpc) is 3.44. The third-order valence-corrected chi connectivity index (χ3v) is 8.17. The van der Waals surface area contributed by atoms with Crippen LogP contribution < -0.4 is 10.6 Å². The molecule has 1 aliphatic carbocycles. The lowest BCUT2D eigenvalue weighted by molar-refractivity contribution is -0.161. The van der Waals surface area contributed by atoms with Gasteiger partial charge >= 0.3 is 6.18 Å². The Morgan fingerprint density at radius 3 is 2.32 bits per heavy atom. The number of hydrogen-bond acceptors (Lipinski definition) is 7. The van der Waals surface area contributed by atoms with Crippen molar-refractivity contribution in [1.29, 1.82) is 5.26 Å². The molecule has 1 fully saturated rings. The van der Waals surface area contributed by atoms with Gasteiger partial charge in [-0.05, 0) is 24.5 Å². The maximum atomic E-state index is 14.4. The van der Waals surface area contributed by atoms with Crippen LogP contribution in [0.4, 0.5) is 17.6 Å². The molecule has 2 aromatic carbocycles. The fraction of sp³-hybridized carbons (Fsp3) is 0.320. The van der Waals surface area contributed by atoms with Gasteiger partial charge in [0.25, 0.3) is 0 Å². The third-order valence-electron chi connectivity index (χ3n) is 6.14. The molecule has 38 heavy (non-hydrogen) atoms. The monoisotopic (exact) mass is 550 g/mol. The molecule has 0 aliphatic heterocycles. The molecule has 4 rings (SSSR count). The van der Waals surface area contributed by atoms with Gasteiger partial charge < -0.3 is 9.84 Å². The Labute approximate surface area is 215 Å². The number of carbonyl (C=O) groups is 1. The minimum Gasteiger partial charge on any atom is -0.364 e. The molecule has 1 aromatic heterocycles. The minimum absolute atomic E-state index is 0.0347. The first-order chi connectivity index (χ1) is 18.0. The molecule has 0 radical (unpaired) electrons. The van der Waals surface area contributed by atoms with Crippen molar-refractivity contribution in [2.45, 2.75) is 41.9 Å². The van der Waals surface area contributed by atoms with Crippen LogP contribution in [0.1, 0.15) is 41.0 Å². The predicted molar refractivity (Wildman–Crippen MR) is 126 cm³/mol. The molecule has 1 saturated carbocycles. The van der Waals surface area contributed by atoms with E-state index in [0.717, 1.165) is 18.4 Å². The summed E-state index contributed by atoms with van der Waals surface area (Å²) in [5.74, 6) is -3.44. The van der Waals surface area contributed by atoms with Gasteiger partial charge in [-0.25, -0.2) is 12.8 Å². The number of alkyl halides is 3.